The predicted octanol–water partition coefficient (Wildman–Crippen LogP) is 1.92. The first kappa shape index (κ1) is 10.6. The van der Waals surface area contributed by atoms with E-state index in [9.17, 15) is 4.79 Å². The molecule has 1 saturated heterocycles. The summed E-state index contributed by atoms with van der Waals surface area (Å²) in [6, 6.07) is 5.84. The number of nitrogens with one attached hydrogen (secondary N) is 2. The van der Waals surface area contributed by atoms with E-state index in [1.807, 2.05) is 25.1 Å². The van der Waals surface area contributed by atoms with E-state index in [0.29, 0.717) is 0 Å². The number of aryl methyl sites for hydroxylation is 1. The Morgan fingerprint density at radius 1 is 1.53 bits per heavy atom. The molecule has 15 heavy (non-hydrogen) atoms. The number of benzene rings is 1. The van der Waals surface area contributed by atoms with Crippen LogP contribution in [0.15, 0.2) is 22.7 Å². The van der Waals surface area contributed by atoms with Crippen molar-refractivity contribution < 1.29 is 4.79 Å². The fourth-order valence-corrected chi connectivity index (χ4v) is 1.77. The number of carbonyl (C=O) groups is 1. The number of rotatable bonds is 2. The van der Waals surface area contributed by atoms with Crippen LogP contribution in [0.5, 0.6) is 0 Å². The van der Waals surface area contributed by atoms with Gasteiger partial charge in [-0.15, -0.1) is 0 Å². The second-order valence-corrected chi connectivity index (χ2v) is 4.66. The van der Waals surface area contributed by atoms with Crippen molar-refractivity contribution in [3.05, 3.63) is 28.2 Å². The molecule has 0 aromatic heterocycles. The lowest BCUT2D eigenvalue weighted by molar-refractivity contribution is -0.121. The topological polar surface area (TPSA) is 41.1 Å². The van der Waals surface area contributed by atoms with Crippen molar-refractivity contribution >= 4 is 27.5 Å². The molecule has 1 amide bonds. The Labute approximate surface area is 97.4 Å². The van der Waals surface area contributed by atoms with Gasteiger partial charge in [0.15, 0.2) is 0 Å². The van der Waals surface area contributed by atoms with Crippen molar-refractivity contribution in [1.29, 1.82) is 0 Å². The molecule has 0 saturated carbocycles. The molecule has 0 bridgehead atoms. The van der Waals surface area contributed by atoms with Crippen molar-refractivity contribution in [2.45, 2.75) is 6.92 Å². The third-order valence-electron chi connectivity index (χ3n) is 2.59. The summed E-state index contributed by atoms with van der Waals surface area (Å²) in [6.07, 6.45) is 0. The van der Waals surface area contributed by atoms with Gasteiger partial charge in [-0.25, -0.2) is 0 Å². The van der Waals surface area contributed by atoms with Gasteiger partial charge in [0.1, 0.15) is 0 Å². The third-order valence-corrected chi connectivity index (χ3v) is 3.45. The summed E-state index contributed by atoms with van der Waals surface area (Å²) in [5.74, 6) is 0.231. The van der Waals surface area contributed by atoms with Crippen LogP contribution in [0.2, 0.25) is 0 Å². The van der Waals surface area contributed by atoms with Crippen LogP contribution in [0.4, 0.5) is 5.69 Å². The van der Waals surface area contributed by atoms with Crippen LogP contribution in [0.25, 0.3) is 0 Å². The average molecular weight is 269 g/mol. The highest BCUT2D eigenvalue weighted by Gasteiger charge is 2.24. The average Bonchev–Trinajstić information content (AvgIpc) is 2.08. The van der Waals surface area contributed by atoms with Crippen molar-refractivity contribution in [2.75, 3.05) is 18.4 Å². The zero-order valence-electron chi connectivity index (χ0n) is 8.51. The molecule has 0 aliphatic carbocycles. The lowest BCUT2D eigenvalue weighted by Gasteiger charge is -2.25. The van der Waals surface area contributed by atoms with Crippen molar-refractivity contribution in [1.82, 2.24) is 5.32 Å². The minimum Gasteiger partial charge on any atom is -0.326 e. The molecule has 1 aliphatic rings. The standard InChI is InChI=1S/C11H13BrN2O/c1-7-2-3-9(4-10(7)12)14-11(15)8-5-13-6-8/h2-4,8,13H,5-6H2,1H3,(H,14,15). The molecule has 1 heterocycles. The van der Waals surface area contributed by atoms with Crippen LogP contribution in [-0.2, 0) is 4.79 Å². The van der Waals surface area contributed by atoms with Gasteiger partial charge in [-0.3, -0.25) is 4.79 Å². The molecule has 0 unspecified atom stereocenters. The number of hydrogen-bond acceptors (Lipinski definition) is 2. The summed E-state index contributed by atoms with van der Waals surface area (Å²) in [7, 11) is 0. The Morgan fingerprint density at radius 2 is 2.27 bits per heavy atom. The normalized spacial score (nSPS) is 15.9. The van der Waals surface area contributed by atoms with Gasteiger partial charge in [0.05, 0.1) is 5.92 Å². The largest absolute Gasteiger partial charge is 0.326 e. The number of hydrogen-bond donors (Lipinski definition) is 2. The lowest BCUT2D eigenvalue weighted by atomic mass is 10.0. The van der Waals surface area contributed by atoms with Crippen LogP contribution >= 0.6 is 15.9 Å². The van der Waals surface area contributed by atoms with E-state index in [-0.39, 0.29) is 11.8 Å². The third kappa shape index (κ3) is 2.38. The lowest BCUT2D eigenvalue weighted by Crippen LogP contribution is -2.48. The number of carbonyl (C=O) groups excluding carboxylic acids is 1. The highest BCUT2D eigenvalue weighted by molar-refractivity contribution is 9.10. The van der Waals surface area contributed by atoms with E-state index in [4.69, 9.17) is 0 Å². The maximum Gasteiger partial charge on any atom is 0.230 e. The van der Waals surface area contributed by atoms with Gasteiger partial charge in [-0.05, 0) is 24.6 Å². The monoisotopic (exact) mass is 268 g/mol. The molecule has 0 radical (unpaired) electrons. The van der Waals surface area contributed by atoms with Gasteiger partial charge in [0.25, 0.3) is 0 Å². The summed E-state index contributed by atoms with van der Waals surface area (Å²) < 4.78 is 1.02. The van der Waals surface area contributed by atoms with E-state index in [1.54, 1.807) is 0 Å². The molecule has 0 atom stereocenters. The molecule has 2 rings (SSSR count). The Bertz CT molecular complexity index is 388. The quantitative estimate of drug-likeness (QED) is 0.861. The van der Waals surface area contributed by atoms with Crippen LogP contribution < -0.4 is 10.6 Å². The molecular formula is C11H13BrN2O. The molecule has 0 spiro atoms. The molecule has 1 aromatic rings. The Hall–Kier alpha value is -0.870. The Morgan fingerprint density at radius 3 is 2.80 bits per heavy atom. The second-order valence-electron chi connectivity index (χ2n) is 3.81. The van der Waals surface area contributed by atoms with Crippen molar-refractivity contribution in [3.8, 4) is 0 Å². The molecular weight excluding hydrogens is 256 g/mol. The highest BCUT2D eigenvalue weighted by atomic mass is 79.9. The maximum absolute atomic E-state index is 11.6. The molecule has 1 aromatic carbocycles. The van der Waals surface area contributed by atoms with Gasteiger partial charge in [-0.1, -0.05) is 22.0 Å². The number of amides is 1. The van der Waals surface area contributed by atoms with Gasteiger partial charge in [0.2, 0.25) is 5.91 Å². The summed E-state index contributed by atoms with van der Waals surface area (Å²) >= 11 is 3.44. The first-order valence-electron chi connectivity index (χ1n) is 4.94. The van der Waals surface area contributed by atoms with Gasteiger partial charge in [0, 0.05) is 23.2 Å². The SMILES string of the molecule is Cc1ccc(NC(=O)C2CNC2)cc1Br. The van der Waals surface area contributed by atoms with E-state index in [1.165, 1.54) is 5.56 Å². The second kappa shape index (κ2) is 4.33. The van der Waals surface area contributed by atoms with Gasteiger partial charge >= 0.3 is 0 Å². The zero-order chi connectivity index (χ0) is 10.8. The first-order valence-corrected chi connectivity index (χ1v) is 5.74. The first-order chi connectivity index (χ1) is 7.16. The number of halogens is 1. The fourth-order valence-electron chi connectivity index (χ4n) is 1.39. The molecule has 4 heteroatoms. The Balaban J connectivity index is 2.03. The van der Waals surface area contributed by atoms with Crippen molar-refractivity contribution in [2.24, 2.45) is 5.92 Å². The van der Waals surface area contributed by atoms with E-state index < -0.39 is 0 Å². The smallest absolute Gasteiger partial charge is 0.230 e. The van der Waals surface area contributed by atoms with Crippen LogP contribution in [0, 0.1) is 12.8 Å². The van der Waals surface area contributed by atoms with E-state index in [0.717, 1.165) is 23.2 Å². The van der Waals surface area contributed by atoms with Crippen molar-refractivity contribution in [3.63, 3.8) is 0 Å². The predicted molar refractivity (Wildman–Crippen MR) is 63.9 cm³/mol. The zero-order valence-corrected chi connectivity index (χ0v) is 10.1. The van der Waals surface area contributed by atoms with Gasteiger partial charge in [-0.2, -0.15) is 0 Å². The Kier molecular flexibility index (Phi) is 3.07. The van der Waals surface area contributed by atoms with E-state index in [2.05, 4.69) is 26.6 Å². The molecule has 2 N–H and O–H groups in total. The summed E-state index contributed by atoms with van der Waals surface area (Å²) in [4.78, 5) is 11.6. The van der Waals surface area contributed by atoms with Crippen LogP contribution in [0.1, 0.15) is 5.56 Å². The number of anilines is 1. The van der Waals surface area contributed by atoms with E-state index >= 15 is 0 Å². The molecule has 1 fully saturated rings. The minimum absolute atomic E-state index is 0.101. The highest BCUT2D eigenvalue weighted by Crippen LogP contribution is 2.21. The van der Waals surface area contributed by atoms with Crippen LogP contribution in [-0.4, -0.2) is 19.0 Å². The molecule has 3 nitrogen and oxygen atoms in total. The fraction of sp³-hybridized carbons (Fsp3) is 0.364. The molecule has 80 valence electrons. The maximum atomic E-state index is 11.6. The van der Waals surface area contributed by atoms with Gasteiger partial charge < -0.3 is 10.6 Å². The summed E-state index contributed by atoms with van der Waals surface area (Å²) in [5.41, 5.74) is 2.02. The summed E-state index contributed by atoms with van der Waals surface area (Å²) in [6.45, 7) is 3.60. The minimum atomic E-state index is 0.101. The molecule has 1 aliphatic heterocycles. The summed E-state index contributed by atoms with van der Waals surface area (Å²) in [5, 5.41) is 5.98. The van der Waals surface area contributed by atoms with Crippen LogP contribution in [0.3, 0.4) is 0 Å².